The van der Waals surface area contributed by atoms with E-state index in [4.69, 9.17) is 9.84 Å². The number of nitrogens with zero attached hydrogens (tertiary/aromatic N) is 1. The fourth-order valence-corrected chi connectivity index (χ4v) is 2.01. The molecular formula is C10H19NO3. The number of hydrogen-bond acceptors (Lipinski definition) is 4. The molecule has 0 bridgehead atoms. The van der Waals surface area contributed by atoms with Crippen LogP contribution in [0.4, 0.5) is 0 Å². The van der Waals surface area contributed by atoms with Gasteiger partial charge in [-0.1, -0.05) is 6.92 Å². The van der Waals surface area contributed by atoms with Gasteiger partial charge in [-0.05, 0) is 18.9 Å². The quantitative estimate of drug-likeness (QED) is 0.675. The van der Waals surface area contributed by atoms with E-state index in [2.05, 4.69) is 6.92 Å². The van der Waals surface area contributed by atoms with Crippen LogP contribution in [0.15, 0.2) is 0 Å². The number of carbonyl (C=O) groups is 1. The van der Waals surface area contributed by atoms with Gasteiger partial charge >= 0.3 is 0 Å². The molecule has 0 radical (unpaired) electrons. The summed E-state index contributed by atoms with van der Waals surface area (Å²) in [5, 5.41) is 9.17. The maximum absolute atomic E-state index is 11.3. The fourth-order valence-electron chi connectivity index (χ4n) is 2.01. The van der Waals surface area contributed by atoms with E-state index in [0.717, 1.165) is 13.0 Å². The van der Waals surface area contributed by atoms with Gasteiger partial charge in [0.25, 0.3) is 0 Å². The molecule has 0 amide bonds. The number of ketones is 1. The molecule has 1 fully saturated rings. The molecule has 1 saturated heterocycles. The van der Waals surface area contributed by atoms with Gasteiger partial charge in [-0.25, -0.2) is 0 Å². The average Bonchev–Trinajstić information content (AvgIpc) is 2.47. The third-order valence-corrected chi connectivity index (χ3v) is 2.87. The summed E-state index contributed by atoms with van der Waals surface area (Å²) in [6, 6.07) is 0.149. The smallest absolute Gasteiger partial charge is 0.172 e. The molecule has 1 heterocycles. The van der Waals surface area contributed by atoms with Gasteiger partial charge in [-0.15, -0.1) is 0 Å². The van der Waals surface area contributed by atoms with Crippen LogP contribution in [0.25, 0.3) is 0 Å². The van der Waals surface area contributed by atoms with Gasteiger partial charge in [0.2, 0.25) is 0 Å². The lowest BCUT2D eigenvalue weighted by Crippen LogP contribution is -2.39. The predicted octanol–water partition coefficient (Wildman–Crippen LogP) is -0.0954. The van der Waals surface area contributed by atoms with Gasteiger partial charge in [-0.2, -0.15) is 0 Å². The third kappa shape index (κ3) is 2.77. The second kappa shape index (κ2) is 5.44. The zero-order chi connectivity index (χ0) is 10.6. The molecule has 0 saturated carbocycles. The Kier molecular flexibility index (Phi) is 4.51. The highest BCUT2D eigenvalue weighted by molar-refractivity contribution is 5.81. The van der Waals surface area contributed by atoms with E-state index in [-0.39, 0.29) is 25.0 Å². The largest absolute Gasteiger partial charge is 0.395 e. The van der Waals surface area contributed by atoms with Crippen molar-refractivity contribution in [3.05, 3.63) is 0 Å². The number of hydrogen-bond donors (Lipinski definition) is 1. The molecule has 0 spiro atoms. The van der Waals surface area contributed by atoms with E-state index in [0.29, 0.717) is 12.5 Å². The number of carbonyl (C=O) groups excluding carboxylic acids is 1. The lowest BCUT2D eigenvalue weighted by molar-refractivity contribution is -0.124. The summed E-state index contributed by atoms with van der Waals surface area (Å²) in [7, 11) is 1.52. The summed E-state index contributed by atoms with van der Waals surface area (Å²) in [5.41, 5.74) is 0. The van der Waals surface area contributed by atoms with E-state index in [1.807, 2.05) is 4.90 Å². The highest BCUT2D eigenvalue weighted by Crippen LogP contribution is 2.22. The average molecular weight is 201 g/mol. The molecular weight excluding hydrogens is 182 g/mol. The molecule has 14 heavy (non-hydrogen) atoms. The first-order valence-electron chi connectivity index (χ1n) is 5.04. The van der Waals surface area contributed by atoms with Crippen LogP contribution in [-0.4, -0.2) is 55.2 Å². The Morgan fingerprint density at radius 2 is 2.36 bits per heavy atom. The van der Waals surface area contributed by atoms with Crippen molar-refractivity contribution in [1.29, 1.82) is 0 Å². The maximum atomic E-state index is 11.3. The van der Waals surface area contributed by atoms with Gasteiger partial charge in [0.15, 0.2) is 5.78 Å². The molecule has 0 aromatic carbocycles. The van der Waals surface area contributed by atoms with Crippen molar-refractivity contribution in [2.24, 2.45) is 5.92 Å². The lowest BCUT2D eigenvalue weighted by atomic mass is 10.0. The number of ether oxygens (including phenoxy) is 1. The number of methoxy groups -OCH3 is 1. The summed E-state index contributed by atoms with van der Waals surface area (Å²) in [6.07, 6.45) is 1.06. The number of likely N-dealkylation sites (tertiary alicyclic amines) is 1. The Balaban J connectivity index is 2.40. The predicted molar refractivity (Wildman–Crippen MR) is 53.1 cm³/mol. The minimum absolute atomic E-state index is 0.0834. The molecule has 4 nitrogen and oxygen atoms in total. The number of Topliss-reactive ketones (excluding diaryl/α,β-unsaturated/α-hetero) is 1. The Labute approximate surface area is 84.8 Å². The first-order chi connectivity index (χ1) is 6.69. The monoisotopic (exact) mass is 201 g/mol. The second-order valence-electron chi connectivity index (χ2n) is 3.96. The highest BCUT2D eigenvalue weighted by Gasteiger charge is 2.31. The standard InChI is InChI=1S/C10H19NO3/c1-8-3-4-11(10(8)6-12)5-9(13)7-14-2/h8,10,12H,3-7H2,1-2H3. The molecule has 1 N–H and O–H groups in total. The molecule has 1 aliphatic rings. The summed E-state index contributed by atoms with van der Waals surface area (Å²) in [5.74, 6) is 0.565. The van der Waals surface area contributed by atoms with Crippen molar-refractivity contribution in [3.63, 3.8) is 0 Å². The molecule has 0 aromatic heterocycles. The molecule has 82 valence electrons. The first kappa shape index (κ1) is 11.6. The number of rotatable bonds is 5. The zero-order valence-electron chi connectivity index (χ0n) is 8.90. The number of aliphatic hydroxyl groups excluding tert-OH is 1. The molecule has 1 rings (SSSR count). The fraction of sp³-hybridized carbons (Fsp3) is 0.900. The van der Waals surface area contributed by atoms with Crippen LogP contribution in [-0.2, 0) is 9.53 Å². The molecule has 0 aliphatic carbocycles. The molecule has 2 atom stereocenters. The Hall–Kier alpha value is -0.450. The summed E-state index contributed by atoms with van der Waals surface area (Å²) in [4.78, 5) is 13.4. The van der Waals surface area contributed by atoms with Crippen LogP contribution < -0.4 is 0 Å². The van der Waals surface area contributed by atoms with Gasteiger partial charge in [0.05, 0.1) is 13.2 Å². The van der Waals surface area contributed by atoms with Gasteiger partial charge in [0, 0.05) is 13.2 Å². The highest BCUT2D eigenvalue weighted by atomic mass is 16.5. The molecule has 4 heteroatoms. The minimum Gasteiger partial charge on any atom is -0.395 e. The maximum Gasteiger partial charge on any atom is 0.172 e. The van der Waals surface area contributed by atoms with Gasteiger partial charge < -0.3 is 9.84 Å². The van der Waals surface area contributed by atoms with Crippen LogP contribution in [0.2, 0.25) is 0 Å². The molecule has 0 aromatic rings. The van der Waals surface area contributed by atoms with Crippen molar-refractivity contribution < 1.29 is 14.6 Å². The normalized spacial score (nSPS) is 28.2. The van der Waals surface area contributed by atoms with E-state index >= 15 is 0 Å². The van der Waals surface area contributed by atoms with E-state index in [9.17, 15) is 4.79 Å². The summed E-state index contributed by atoms with van der Waals surface area (Å²) >= 11 is 0. The summed E-state index contributed by atoms with van der Waals surface area (Å²) < 4.78 is 4.77. The van der Waals surface area contributed by atoms with Crippen molar-refractivity contribution in [3.8, 4) is 0 Å². The minimum atomic E-state index is 0.0834. The van der Waals surface area contributed by atoms with Crippen molar-refractivity contribution in [1.82, 2.24) is 4.90 Å². The van der Waals surface area contributed by atoms with Gasteiger partial charge in [0.1, 0.15) is 6.61 Å². The second-order valence-corrected chi connectivity index (χ2v) is 3.96. The van der Waals surface area contributed by atoms with Crippen molar-refractivity contribution in [2.45, 2.75) is 19.4 Å². The van der Waals surface area contributed by atoms with E-state index in [1.54, 1.807) is 0 Å². The van der Waals surface area contributed by atoms with Crippen LogP contribution in [0.1, 0.15) is 13.3 Å². The Morgan fingerprint density at radius 3 is 2.93 bits per heavy atom. The Morgan fingerprint density at radius 1 is 1.64 bits per heavy atom. The molecule has 1 aliphatic heterocycles. The SMILES string of the molecule is COCC(=O)CN1CCC(C)C1CO. The topological polar surface area (TPSA) is 49.8 Å². The van der Waals surface area contributed by atoms with E-state index in [1.165, 1.54) is 7.11 Å². The van der Waals surface area contributed by atoms with Crippen LogP contribution in [0.3, 0.4) is 0 Å². The van der Waals surface area contributed by atoms with E-state index < -0.39 is 0 Å². The zero-order valence-corrected chi connectivity index (χ0v) is 8.90. The number of aliphatic hydroxyl groups is 1. The Bertz CT molecular complexity index is 196. The van der Waals surface area contributed by atoms with Crippen molar-refractivity contribution >= 4 is 5.78 Å². The van der Waals surface area contributed by atoms with Crippen LogP contribution in [0.5, 0.6) is 0 Å². The molecule has 2 unspecified atom stereocenters. The van der Waals surface area contributed by atoms with Crippen LogP contribution >= 0.6 is 0 Å². The lowest BCUT2D eigenvalue weighted by Gasteiger charge is -2.23. The third-order valence-electron chi connectivity index (χ3n) is 2.87. The van der Waals surface area contributed by atoms with Gasteiger partial charge in [-0.3, -0.25) is 9.69 Å². The van der Waals surface area contributed by atoms with Crippen LogP contribution in [0, 0.1) is 5.92 Å². The first-order valence-corrected chi connectivity index (χ1v) is 5.04. The van der Waals surface area contributed by atoms with Crippen molar-refractivity contribution in [2.75, 3.05) is 33.4 Å². The summed E-state index contributed by atoms with van der Waals surface area (Å²) in [6.45, 7) is 3.73.